The second-order valence-electron chi connectivity index (χ2n) is 7.31. The molecule has 1 aliphatic carbocycles. The Hall–Kier alpha value is -3.23. The summed E-state index contributed by atoms with van der Waals surface area (Å²) in [5.74, 6) is -2.88. The Morgan fingerprint density at radius 3 is 2.33 bits per heavy atom. The van der Waals surface area contributed by atoms with E-state index in [9.17, 15) is 24.0 Å². The summed E-state index contributed by atoms with van der Waals surface area (Å²) in [6, 6.07) is 6.38. The molecule has 2 atom stereocenters. The molecule has 2 fully saturated rings. The van der Waals surface area contributed by atoms with Crippen molar-refractivity contribution in [3.05, 3.63) is 29.8 Å². The number of carbonyl (C=O) groups is 5. The monoisotopic (exact) mass is 416 g/mol. The van der Waals surface area contributed by atoms with E-state index in [1.165, 1.54) is 13.2 Å². The van der Waals surface area contributed by atoms with E-state index in [4.69, 9.17) is 9.47 Å². The van der Waals surface area contributed by atoms with Crippen LogP contribution >= 0.6 is 0 Å². The number of ether oxygens (including phenoxy) is 2. The highest BCUT2D eigenvalue weighted by atomic mass is 16.5. The molecule has 30 heavy (non-hydrogen) atoms. The van der Waals surface area contributed by atoms with Gasteiger partial charge in [-0.2, -0.15) is 0 Å². The third-order valence-electron chi connectivity index (χ3n) is 5.44. The topological polar surface area (TPSA) is 119 Å². The average Bonchev–Trinajstić information content (AvgIpc) is 3.00. The van der Waals surface area contributed by atoms with Crippen LogP contribution in [0.1, 0.15) is 42.5 Å². The number of amides is 4. The Bertz CT molecular complexity index is 843. The second kappa shape index (κ2) is 9.51. The van der Waals surface area contributed by atoms with Gasteiger partial charge in [0.15, 0.2) is 6.61 Å². The summed E-state index contributed by atoms with van der Waals surface area (Å²) < 4.78 is 9.92. The van der Waals surface area contributed by atoms with Gasteiger partial charge in [0.2, 0.25) is 11.8 Å². The summed E-state index contributed by atoms with van der Waals surface area (Å²) in [6.45, 7) is -0.710. The Morgan fingerprint density at radius 2 is 1.70 bits per heavy atom. The minimum Gasteiger partial charge on any atom is -0.496 e. The van der Waals surface area contributed by atoms with Gasteiger partial charge in [0.1, 0.15) is 5.75 Å². The molecule has 9 nitrogen and oxygen atoms in total. The molecule has 2 aliphatic rings. The number of esters is 1. The maximum atomic E-state index is 12.4. The smallest absolute Gasteiger partial charge is 0.308 e. The number of carbonyl (C=O) groups excluding carboxylic acids is 5. The summed E-state index contributed by atoms with van der Waals surface area (Å²) in [5.41, 5.74) is 0.173. The molecular weight excluding hydrogens is 392 g/mol. The number of nitrogens with one attached hydrogen (secondary N) is 1. The fraction of sp³-hybridized carbons (Fsp3) is 0.476. The molecule has 0 spiro atoms. The number of fused-ring (bicyclic) bond motifs is 1. The number of likely N-dealkylation sites (tertiary alicyclic amines) is 1. The highest BCUT2D eigenvalue weighted by Gasteiger charge is 2.47. The molecule has 0 radical (unpaired) electrons. The highest BCUT2D eigenvalue weighted by Crippen LogP contribution is 2.37. The van der Waals surface area contributed by atoms with Gasteiger partial charge in [-0.25, -0.2) is 0 Å². The first kappa shape index (κ1) is 21.5. The molecule has 4 amide bonds. The molecule has 1 heterocycles. The summed E-state index contributed by atoms with van der Waals surface area (Å²) in [4.78, 5) is 61.9. The van der Waals surface area contributed by atoms with Crippen LogP contribution in [-0.2, 0) is 23.9 Å². The zero-order valence-corrected chi connectivity index (χ0v) is 16.7. The van der Waals surface area contributed by atoms with Crippen LogP contribution in [0.5, 0.6) is 5.75 Å². The third kappa shape index (κ3) is 4.67. The van der Waals surface area contributed by atoms with Crippen molar-refractivity contribution in [1.29, 1.82) is 0 Å². The summed E-state index contributed by atoms with van der Waals surface area (Å²) in [5, 5.41) is 2.12. The average molecular weight is 416 g/mol. The fourth-order valence-electron chi connectivity index (χ4n) is 3.93. The van der Waals surface area contributed by atoms with Gasteiger partial charge < -0.3 is 9.47 Å². The van der Waals surface area contributed by atoms with Gasteiger partial charge in [-0.1, -0.05) is 25.0 Å². The number of imide groups is 2. The van der Waals surface area contributed by atoms with Crippen LogP contribution in [0.4, 0.5) is 0 Å². The number of hydrogen-bond donors (Lipinski definition) is 1. The highest BCUT2D eigenvalue weighted by molar-refractivity contribution is 6.07. The summed E-state index contributed by atoms with van der Waals surface area (Å²) in [7, 11) is 1.40. The molecule has 1 saturated carbocycles. The zero-order chi connectivity index (χ0) is 21.7. The van der Waals surface area contributed by atoms with Crippen LogP contribution in [-0.4, -0.2) is 54.8 Å². The van der Waals surface area contributed by atoms with Crippen LogP contribution < -0.4 is 10.1 Å². The minimum absolute atomic E-state index is 0.0642. The lowest BCUT2D eigenvalue weighted by Crippen LogP contribution is -2.35. The lowest BCUT2D eigenvalue weighted by molar-refractivity contribution is -0.149. The quantitative estimate of drug-likeness (QED) is 0.521. The van der Waals surface area contributed by atoms with E-state index < -0.39 is 24.4 Å². The van der Waals surface area contributed by atoms with E-state index in [1.807, 2.05) is 0 Å². The number of nitrogens with zero attached hydrogens (tertiary/aromatic N) is 1. The first-order valence-corrected chi connectivity index (χ1v) is 9.90. The van der Waals surface area contributed by atoms with Crippen molar-refractivity contribution >= 4 is 29.6 Å². The molecule has 1 saturated heterocycles. The zero-order valence-electron chi connectivity index (χ0n) is 16.7. The lowest BCUT2D eigenvalue weighted by atomic mass is 9.81. The molecule has 0 aromatic heterocycles. The van der Waals surface area contributed by atoms with Crippen LogP contribution in [0.2, 0.25) is 0 Å². The lowest BCUT2D eigenvalue weighted by Gasteiger charge is -2.19. The molecule has 0 bridgehead atoms. The van der Waals surface area contributed by atoms with E-state index in [2.05, 4.69) is 5.32 Å². The standard InChI is InChI=1S/C21H24N2O7/c1-29-16-9-5-4-8-15(16)19(26)22-17(24)12-30-18(25)10-11-23-20(27)13-6-2-3-7-14(13)21(23)28/h4-5,8-9,13-14H,2-3,6-7,10-12H2,1H3,(H,22,24,26)/t13-,14-/m1/s1. The van der Waals surface area contributed by atoms with Gasteiger partial charge in [-0.05, 0) is 25.0 Å². The maximum Gasteiger partial charge on any atom is 0.308 e. The SMILES string of the molecule is COc1ccccc1C(=O)NC(=O)COC(=O)CCN1C(=O)[C@@H]2CCCC[C@H]2C1=O. The first-order chi connectivity index (χ1) is 14.4. The molecule has 3 rings (SSSR count). The molecular formula is C21H24N2O7. The summed E-state index contributed by atoms with van der Waals surface area (Å²) in [6.07, 6.45) is 3.06. The van der Waals surface area contributed by atoms with Gasteiger partial charge in [0, 0.05) is 6.54 Å². The van der Waals surface area contributed by atoms with Gasteiger partial charge in [0.25, 0.3) is 11.8 Å². The molecule has 9 heteroatoms. The van der Waals surface area contributed by atoms with Crippen LogP contribution in [0, 0.1) is 11.8 Å². The summed E-state index contributed by atoms with van der Waals surface area (Å²) >= 11 is 0. The van der Waals surface area contributed by atoms with Crippen molar-refractivity contribution in [1.82, 2.24) is 10.2 Å². The van der Waals surface area contributed by atoms with Crippen LogP contribution in [0.25, 0.3) is 0 Å². The predicted molar refractivity (Wildman–Crippen MR) is 103 cm³/mol. The maximum absolute atomic E-state index is 12.4. The van der Waals surface area contributed by atoms with E-state index in [0.29, 0.717) is 18.6 Å². The number of methoxy groups -OCH3 is 1. The Labute approximate surface area is 173 Å². The van der Waals surface area contributed by atoms with Crippen LogP contribution in [0.15, 0.2) is 24.3 Å². The largest absolute Gasteiger partial charge is 0.496 e. The minimum atomic E-state index is -0.793. The first-order valence-electron chi connectivity index (χ1n) is 9.90. The predicted octanol–water partition coefficient (Wildman–Crippen LogP) is 1.06. The third-order valence-corrected chi connectivity index (χ3v) is 5.44. The van der Waals surface area contributed by atoms with Gasteiger partial charge >= 0.3 is 5.97 Å². The van der Waals surface area contributed by atoms with Crippen molar-refractivity contribution in [3.63, 3.8) is 0 Å². The number of para-hydroxylation sites is 1. The second-order valence-corrected chi connectivity index (χ2v) is 7.31. The van der Waals surface area contributed by atoms with E-state index in [-0.39, 0.29) is 42.2 Å². The Morgan fingerprint density at radius 1 is 1.07 bits per heavy atom. The Balaban J connectivity index is 1.43. The normalized spacial score (nSPS) is 20.5. The van der Waals surface area contributed by atoms with E-state index >= 15 is 0 Å². The van der Waals surface area contributed by atoms with Gasteiger partial charge in [-0.3, -0.25) is 34.2 Å². The van der Waals surface area contributed by atoms with Gasteiger partial charge in [-0.15, -0.1) is 0 Å². The molecule has 1 aromatic rings. The molecule has 1 aromatic carbocycles. The van der Waals surface area contributed by atoms with Crippen molar-refractivity contribution in [3.8, 4) is 5.75 Å². The molecule has 160 valence electrons. The van der Waals surface area contributed by atoms with E-state index in [0.717, 1.165) is 17.7 Å². The number of hydrogen-bond acceptors (Lipinski definition) is 7. The number of benzene rings is 1. The van der Waals surface area contributed by atoms with Crippen molar-refractivity contribution < 1.29 is 33.4 Å². The van der Waals surface area contributed by atoms with Gasteiger partial charge in [0.05, 0.1) is 30.9 Å². The van der Waals surface area contributed by atoms with Crippen molar-refractivity contribution in [2.24, 2.45) is 11.8 Å². The Kier molecular flexibility index (Phi) is 6.81. The van der Waals surface area contributed by atoms with Crippen molar-refractivity contribution in [2.45, 2.75) is 32.1 Å². The van der Waals surface area contributed by atoms with Crippen molar-refractivity contribution in [2.75, 3.05) is 20.3 Å². The van der Waals surface area contributed by atoms with Crippen LogP contribution in [0.3, 0.4) is 0 Å². The molecule has 0 unspecified atom stereocenters. The fourth-order valence-corrected chi connectivity index (χ4v) is 3.93. The number of rotatable bonds is 7. The molecule has 1 aliphatic heterocycles. The van der Waals surface area contributed by atoms with E-state index in [1.54, 1.807) is 18.2 Å². The molecule has 1 N–H and O–H groups in total.